The van der Waals surface area contributed by atoms with Crippen LogP contribution in [-0.4, -0.2) is 42.7 Å². The van der Waals surface area contributed by atoms with Crippen molar-refractivity contribution >= 4 is 17.6 Å². The van der Waals surface area contributed by atoms with E-state index in [1.54, 1.807) is 22.9 Å². The Labute approximate surface area is 250 Å². The van der Waals surface area contributed by atoms with E-state index in [0.29, 0.717) is 36.5 Å². The summed E-state index contributed by atoms with van der Waals surface area (Å²) in [7, 11) is 0. The summed E-state index contributed by atoms with van der Waals surface area (Å²) in [5.74, 6) is 0.0504. The van der Waals surface area contributed by atoms with E-state index in [1.165, 1.54) is 6.20 Å². The molecule has 0 radical (unpaired) electrons. The van der Waals surface area contributed by atoms with E-state index in [0.717, 1.165) is 22.4 Å². The number of anilines is 1. The molecule has 2 aliphatic heterocycles. The molecule has 3 aromatic heterocycles. The van der Waals surface area contributed by atoms with Crippen molar-refractivity contribution in [1.82, 2.24) is 30.0 Å². The van der Waals surface area contributed by atoms with E-state index >= 15 is 0 Å². The lowest BCUT2D eigenvalue weighted by Gasteiger charge is -2.37. The van der Waals surface area contributed by atoms with Gasteiger partial charge in [0.2, 0.25) is 5.91 Å². The van der Waals surface area contributed by atoms with Crippen molar-refractivity contribution in [2.24, 2.45) is 0 Å². The summed E-state index contributed by atoms with van der Waals surface area (Å²) < 4.78 is 44.3. The zero-order valence-electron chi connectivity index (χ0n) is 23.7. The van der Waals surface area contributed by atoms with E-state index in [4.69, 9.17) is 0 Å². The van der Waals surface area contributed by atoms with Crippen molar-refractivity contribution in [3.8, 4) is 0 Å². The maximum atomic E-state index is 14.2. The number of nitrogens with zero attached hydrogens (tertiary/aromatic N) is 5. The number of hydrogen-bond acceptors (Lipinski definition) is 6. The van der Waals surface area contributed by atoms with Gasteiger partial charge >= 0.3 is 6.18 Å². The van der Waals surface area contributed by atoms with E-state index in [9.17, 15) is 22.8 Å². The van der Waals surface area contributed by atoms with Gasteiger partial charge in [-0.25, -0.2) is 4.98 Å². The zero-order valence-corrected chi connectivity index (χ0v) is 23.7. The summed E-state index contributed by atoms with van der Waals surface area (Å²) in [6.45, 7) is 1.89. The molecule has 0 bridgehead atoms. The van der Waals surface area contributed by atoms with Crippen LogP contribution in [0.4, 0.5) is 19.0 Å². The van der Waals surface area contributed by atoms with Gasteiger partial charge in [0.1, 0.15) is 17.1 Å². The number of benzene rings is 1. The van der Waals surface area contributed by atoms with Gasteiger partial charge in [0, 0.05) is 42.0 Å². The Hall–Kier alpha value is -4.61. The van der Waals surface area contributed by atoms with Gasteiger partial charge in [-0.15, -0.1) is 10.2 Å². The average molecular weight is 600 g/mol. The predicted molar refractivity (Wildman–Crippen MR) is 152 cm³/mol. The highest BCUT2D eigenvalue weighted by Crippen LogP contribution is 2.60. The first-order chi connectivity index (χ1) is 21.1. The van der Waals surface area contributed by atoms with Crippen LogP contribution in [0.3, 0.4) is 0 Å². The van der Waals surface area contributed by atoms with Crippen LogP contribution >= 0.6 is 0 Å². The first kappa shape index (κ1) is 27.0. The number of rotatable bonds is 4. The molecule has 44 heavy (non-hydrogen) atoms. The van der Waals surface area contributed by atoms with Crippen LogP contribution in [0.25, 0.3) is 0 Å². The summed E-state index contributed by atoms with van der Waals surface area (Å²) in [6.07, 6.45) is -0.161. The first-order valence-electron chi connectivity index (χ1n) is 14.7. The lowest BCUT2D eigenvalue weighted by atomic mass is 9.80. The van der Waals surface area contributed by atoms with Gasteiger partial charge in [-0.2, -0.15) is 13.2 Å². The van der Waals surface area contributed by atoms with Gasteiger partial charge in [-0.05, 0) is 55.9 Å². The molecule has 1 aromatic carbocycles. The van der Waals surface area contributed by atoms with Gasteiger partial charge in [0.15, 0.2) is 5.82 Å². The smallest absolute Gasteiger partial charge is 0.342 e. The van der Waals surface area contributed by atoms with Crippen LogP contribution in [0, 0.1) is 0 Å². The van der Waals surface area contributed by atoms with Gasteiger partial charge in [-0.3, -0.25) is 14.6 Å². The molecule has 4 atom stereocenters. The first-order valence-corrected chi connectivity index (χ1v) is 14.7. The van der Waals surface area contributed by atoms with Crippen LogP contribution in [-0.2, 0) is 28.5 Å². The van der Waals surface area contributed by atoms with Crippen LogP contribution in [0.15, 0.2) is 60.9 Å². The molecular formula is C32H28F3N7O2. The van der Waals surface area contributed by atoms with Crippen molar-refractivity contribution < 1.29 is 22.8 Å². The van der Waals surface area contributed by atoms with Crippen molar-refractivity contribution in [1.29, 1.82) is 0 Å². The number of aromatic nitrogens is 5. The Balaban J connectivity index is 1.12. The molecule has 1 fully saturated rings. The summed E-state index contributed by atoms with van der Waals surface area (Å²) in [4.78, 5) is 35.7. The van der Waals surface area contributed by atoms with Gasteiger partial charge in [-0.1, -0.05) is 36.4 Å². The van der Waals surface area contributed by atoms with Gasteiger partial charge in [0.05, 0.1) is 17.0 Å². The molecule has 9 nitrogen and oxygen atoms in total. The topological polar surface area (TPSA) is 115 Å². The quantitative estimate of drug-likeness (QED) is 0.346. The minimum Gasteiger partial charge on any atom is -0.342 e. The summed E-state index contributed by atoms with van der Waals surface area (Å²) in [5, 5.41) is 14.3. The SMILES string of the molecule is C[C@@H]1[C@H](c2ccccc2)C[C@H](NC(=O)c2cnc3c(c2)C[C@@]2(C3)C(=O)Nc3ncccc32)c2nnc(C3(C(F)(F)F)CC3)n21. The third kappa shape index (κ3) is 3.78. The van der Waals surface area contributed by atoms with Gasteiger partial charge < -0.3 is 15.2 Å². The minimum absolute atomic E-state index is 0.0325. The van der Waals surface area contributed by atoms with E-state index in [-0.39, 0.29) is 36.5 Å². The second-order valence-electron chi connectivity index (χ2n) is 12.5. The summed E-state index contributed by atoms with van der Waals surface area (Å²) in [6, 6.07) is 14.0. The molecule has 12 heteroatoms. The standard InChI is InChI=1S/C32H28F3N7O2/c1-17-21(18-6-3-2-4-7-18)13-23(26-40-41-28(42(17)26)31(9-10-31)32(33,34)35)38-27(43)20-12-19-14-30(15-24(19)37-16-20)22-8-5-11-36-25(22)39-29(30)44/h2-8,11-12,16-17,21,23H,9-10,13-15H2,1H3,(H,38,43)(H,36,39,44)/t17-,21-,23+,30+/m1/s1. The molecule has 2 aliphatic carbocycles. The number of carbonyl (C=O) groups excluding carboxylic acids is 2. The lowest BCUT2D eigenvalue weighted by Crippen LogP contribution is -2.39. The molecule has 2 amide bonds. The molecule has 224 valence electrons. The van der Waals surface area contributed by atoms with Crippen molar-refractivity contribution in [2.45, 2.75) is 74.0 Å². The molecule has 4 aromatic rings. The van der Waals surface area contributed by atoms with Gasteiger partial charge in [0.25, 0.3) is 5.91 Å². The summed E-state index contributed by atoms with van der Waals surface area (Å²) in [5.41, 5.74) is 0.808. The van der Waals surface area contributed by atoms with Crippen molar-refractivity contribution in [3.05, 3.63) is 101 Å². The molecule has 1 saturated carbocycles. The largest absolute Gasteiger partial charge is 0.401 e. The Kier molecular flexibility index (Phi) is 5.64. The number of hydrogen-bond donors (Lipinski definition) is 2. The molecule has 2 N–H and O–H groups in total. The average Bonchev–Trinajstić information content (AvgIpc) is 3.44. The Bertz CT molecular complexity index is 1830. The maximum absolute atomic E-state index is 14.2. The maximum Gasteiger partial charge on any atom is 0.401 e. The fourth-order valence-electron chi connectivity index (χ4n) is 7.48. The Morgan fingerprint density at radius 2 is 1.86 bits per heavy atom. The highest BCUT2D eigenvalue weighted by atomic mass is 19.4. The van der Waals surface area contributed by atoms with E-state index < -0.39 is 29.0 Å². The fourth-order valence-corrected chi connectivity index (χ4v) is 7.48. The normalized spacial score (nSPS) is 26.1. The number of carbonyl (C=O) groups is 2. The second-order valence-corrected chi connectivity index (χ2v) is 12.5. The zero-order chi connectivity index (χ0) is 30.4. The van der Waals surface area contributed by atoms with Crippen molar-refractivity contribution in [3.63, 3.8) is 0 Å². The number of nitrogens with one attached hydrogen (secondary N) is 2. The number of alkyl halides is 3. The molecule has 8 rings (SSSR count). The van der Waals surface area contributed by atoms with Crippen LogP contribution < -0.4 is 10.6 Å². The third-order valence-corrected chi connectivity index (χ3v) is 10.0. The van der Waals surface area contributed by atoms with E-state index in [1.807, 2.05) is 43.3 Å². The predicted octanol–water partition coefficient (Wildman–Crippen LogP) is 4.87. The third-order valence-electron chi connectivity index (χ3n) is 10.0. The number of pyridine rings is 2. The van der Waals surface area contributed by atoms with E-state index in [2.05, 4.69) is 30.8 Å². The molecule has 5 heterocycles. The Morgan fingerprint density at radius 3 is 2.61 bits per heavy atom. The number of halogens is 3. The van der Waals surface area contributed by atoms with Crippen molar-refractivity contribution in [2.75, 3.05) is 5.32 Å². The molecule has 1 spiro atoms. The number of fused-ring (bicyclic) bond motifs is 4. The molecule has 0 unspecified atom stereocenters. The molecule has 4 aliphatic rings. The molecule has 0 saturated heterocycles. The Morgan fingerprint density at radius 1 is 1.07 bits per heavy atom. The van der Waals surface area contributed by atoms with Crippen LogP contribution in [0.1, 0.15) is 88.6 Å². The second kappa shape index (κ2) is 9.20. The highest BCUT2D eigenvalue weighted by molar-refractivity contribution is 6.06. The summed E-state index contributed by atoms with van der Waals surface area (Å²) >= 11 is 0. The lowest BCUT2D eigenvalue weighted by molar-refractivity contribution is -0.163. The minimum atomic E-state index is -4.45. The van der Waals surface area contributed by atoms with Crippen LogP contribution in [0.5, 0.6) is 0 Å². The monoisotopic (exact) mass is 599 g/mol. The fraction of sp³-hybridized carbons (Fsp3) is 0.375. The highest BCUT2D eigenvalue weighted by Gasteiger charge is 2.68. The molecular weight excluding hydrogens is 571 g/mol. The van der Waals surface area contributed by atoms with Crippen LogP contribution in [0.2, 0.25) is 0 Å². The number of amides is 2.